The molecule has 2 saturated heterocycles. The van der Waals surface area contributed by atoms with Crippen LogP contribution in [0.15, 0.2) is 42.5 Å². The van der Waals surface area contributed by atoms with Gasteiger partial charge in [0, 0.05) is 11.5 Å². The Hall–Kier alpha value is -3.56. The number of carbonyl (C=O) groups is 3. The molecule has 0 radical (unpaired) electrons. The van der Waals surface area contributed by atoms with Crippen LogP contribution < -0.4 is 9.64 Å². The number of nitrogens with zero attached hydrogens (tertiary/aromatic N) is 2. The van der Waals surface area contributed by atoms with Crippen molar-refractivity contribution in [2.75, 3.05) is 18.1 Å². The third kappa shape index (κ3) is 3.30. The van der Waals surface area contributed by atoms with Crippen LogP contribution in [0.25, 0.3) is 0 Å². The third-order valence-corrected chi connectivity index (χ3v) is 7.48. The van der Waals surface area contributed by atoms with Gasteiger partial charge in [0.25, 0.3) is 5.91 Å². The average Bonchev–Trinajstić information content (AvgIpc) is 3.23. The maximum atomic E-state index is 13.9. The van der Waals surface area contributed by atoms with Crippen molar-refractivity contribution in [3.8, 4) is 5.75 Å². The first-order chi connectivity index (χ1) is 17.0. The largest absolute Gasteiger partial charge is 0.493 e. The van der Waals surface area contributed by atoms with Crippen LogP contribution in [0, 0.1) is 11.8 Å². The number of alkyl halides is 3. The van der Waals surface area contributed by atoms with Crippen molar-refractivity contribution in [3.63, 3.8) is 0 Å². The zero-order valence-electron chi connectivity index (χ0n) is 20.0. The number of fused-ring (bicyclic) bond motifs is 5. The fraction of sp³-hybridized carbons (Fsp3) is 0.423. The number of imide groups is 1. The second-order valence-electron chi connectivity index (χ2n) is 9.36. The Kier molecular flexibility index (Phi) is 5.53. The Balaban J connectivity index is 1.63. The zero-order valence-corrected chi connectivity index (χ0v) is 20.0. The summed E-state index contributed by atoms with van der Waals surface area (Å²) in [6.45, 7) is 5.38. The number of esters is 1. The van der Waals surface area contributed by atoms with Crippen molar-refractivity contribution >= 4 is 23.6 Å². The van der Waals surface area contributed by atoms with E-state index in [1.54, 1.807) is 6.92 Å². The third-order valence-electron chi connectivity index (χ3n) is 7.48. The Morgan fingerprint density at radius 2 is 1.83 bits per heavy atom. The molecule has 36 heavy (non-hydrogen) atoms. The fourth-order valence-corrected chi connectivity index (χ4v) is 5.78. The van der Waals surface area contributed by atoms with E-state index in [1.165, 1.54) is 11.8 Å². The Morgan fingerprint density at radius 1 is 1.14 bits per heavy atom. The maximum Gasteiger partial charge on any atom is 0.416 e. The second-order valence-corrected chi connectivity index (χ2v) is 9.36. The van der Waals surface area contributed by atoms with Gasteiger partial charge in [-0.2, -0.15) is 13.2 Å². The number of carbonyl (C=O) groups excluding carboxylic acids is 3. The second kappa shape index (κ2) is 8.25. The summed E-state index contributed by atoms with van der Waals surface area (Å²) in [7, 11) is 0. The van der Waals surface area contributed by atoms with Crippen molar-refractivity contribution in [2.45, 2.75) is 44.9 Å². The molecule has 3 amide bonds. The summed E-state index contributed by atoms with van der Waals surface area (Å²) in [5.74, 6) is -2.28. The minimum atomic E-state index is -4.56. The summed E-state index contributed by atoms with van der Waals surface area (Å²) in [4.78, 5) is 43.1. The summed E-state index contributed by atoms with van der Waals surface area (Å²) >= 11 is 0. The van der Waals surface area contributed by atoms with E-state index in [0.29, 0.717) is 11.3 Å². The van der Waals surface area contributed by atoms with Gasteiger partial charge < -0.3 is 14.4 Å². The molecular formula is C26H25F3N2O5. The minimum Gasteiger partial charge on any atom is -0.493 e. The SMILES string of the molecule is CCOC(=O)[C@@H]1[C@H]2COc3cc(CC)ccc3[C@@H]2N2C(=O)N(c3ccc(C(F)(F)F)cc3)C(=O)[C@@]12C. The molecule has 3 aliphatic rings. The van der Waals surface area contributed by atoms with Crippen LogP contribution in [-0.4, -0.2) is 41.6 Å². The van der Waals surface area contributed by atoms with Crippen molar-refractivity contribution in [2.24, 2.45) is 11.8 Å². The molecule has 10 heteroatoms. The van der Waals surface area contributed by atoms with Gasteiger partial charge in [0.1, 0.15) is 11.3 Å². The highest BCUT2D eigenvalue weighted by Gasteiger charge is 2.72. The number of hydrogen-bond donors (Lipinski definition) is 0. The van der Waals surface area contributed by atoms with Gasteiger partial charge in [-0.1, -0.05) is 19.1 Å². The monoisotopic (exact) mass is 502 g/mol. The Morgan fingerprint density at radius 3 is 2.44 bits per heavy atom. The summed E-state index contributed by atoms with van der Waals surface area (Å²) in [5.41, 5.74) is -0.787. The number of rotatable bonds is 4. The van der Waals surface area contributed by atoms with E-state index in [0.717, 1.165) is 41.1 Å². The molecule has 3 heterocycles. The van der Waals surface area contributed by atoms with Gasteiger partial charge >= 0.3 is 18.2 Å². The molecule has 0 saturated carbocycles. The number of ether oxygens (including phenoxy) is 2. The molecule has 0 aromatic heterocycles. The molecular weight excluding hydrogens is 477 g/mol. The van der Waals surface area contributed by atoms with Gasteiger partial charge in [-0.3, -0.25) is 9.59 Å². The number of amides is 3. The molecule has 2 aromatic carbocycles. The van der Waals surface area contributed by atoms with Gasteiger partial charge in [0.2, 0.25) is 0 Å². The number of anilines is 1. The van der Waals surface area contributed by atoms with Crippen LogP contribution in [0.4, 0.5) is 23.7 Å². The fourth-order valence-electron chi connectivity index (χ4n) is 5.78. The lowest BCUT2D eigenvalue weighted by Crippen LogP contribution is -2.51. The smallest absolute Gasteiger partial charge is 0.416 e. The first-order valence-electron chi connectivity index (χ1n) is 11.8. The molecule has 5 rings (SSSR count). The number of hydrogen-bond acceptors (Lipinski definition) is 5. The van der Waals surface area contributed by atoms with E-state index in [1.807, 2.05) is 25.1 Å². The summed E-state index contributed by atoms with van der Waals surface area (Å²) in [6, 6.07) is 8.13. The molecule has 0 spiro atoms. The molecule has 3 aliphatic heterocycles. The van der Waals surface area contributed by atoms with Gasteiger partial charge in [-0.25, -0.2) is 9.69 Å². The van der Waals surface area contributed by atoms with Crippen LogP contribution in [0.1, 0.15) is 43.5 Å². The summed E-state index contributed by atoms with van der Waals surface area (Å²) in [5, 5.41) is 0. The molecule has 0 bridgehead atoms. The number of urea groups is 1. The van der Waals surface area contributed by atoms with E-state index in [2.05, 4.69) is 0 Å². The molecule has 0 unspecified atom stereocenters. The lowest BCUT2D eigenvalue weighted by atomic mass is 9.77. The molecule has 0 aliphatic carbocycles. The van der Waals surface area contributed by atoms with E-state index in [4.69, 9.17) is 9.47 Å². The Labute approximate surface area is 205 Å². The molecule has 2 fully saturated rings. The van der Waals surface area contributed by atoms with Crippen LogP contribution in [0.2, 0.25) is 0 Å². The van der Waals surface area contributed by atoms with Crippen LogP contribution in [0.5, 0.6) is 5.75 Å². The van der Waals surface area contributed by atoms with Crippen molar-refractivity contribution in [3.05, 3.63) is 59.2 Å². The van der Waals surface area contributed by atoms with Gasteiger partial charge in [0.05, 0.1) is 36.4 Å². The normalized spacial score (nSPS) is 26.9. The minimum absolute atomic E-state index is 0.00129. The first kappa shape index (κ1) is 24.1. The zero-order chi connectivity index (χ0) is 26.0. The van der Waals surface area contributed by atoms with Gasteiger partial charge in [-0.05, 0) is 56.2 Å². The molecule has 7 nitrogen and oxygen atoms in total. The van der Waals surface area contributed by atoms with Crippen molar-refractivity contribution in [1.82, 2.24) is 4.90 Å². The topological polar surface area (TPSA) is 76.2 Å². The highest BCUT2D eigenvalue weighted by atomic mass is 19.4. The highest BCUT2D eigenvalue weighted by Crippen LogP contribution is 2.58. The predicted molar refractivity (Wildman–Crippen MR) is 122 cm³/mol. The average molecular weight is 502 g/mol. The van der Waals surface area contributed by atoms with Crippen LogP contribution in [0.3, 0.4) is 0 Å². The van der Waals surface area contributed by atoms with Gasteiger partial charge in [-0.15, -0.1) is 0 Å². The Bertz CT molecular complexity index is 1250. The quantitative estimate of drug-likeness (QED) is 0.446. The maximum absolute atomic E-state index is 13.9. The van der Waals surface area contributed by atoms with E-state index >= 15 is 0 Å². The predicted octanol–water partition coefficient (Wildman–Crippen LogP) is 4.74. The summed E-state index contributed by atoms with van der Waals surface area (Å²) in [6.07, 6.45) is -3.79. The number of halogens is 3. The molecule has 2 aromatic rings. The van der Waals surface area contributed by atoms with E-state index in [9.17, 15) is 27.6 Å². The lowest BCUT2D eigenvalue weighted by molar-refractivity contribution is -0.154. The van der Waals surface area contributed by atoms with Crippen molar-refractivity contribution in [1.29, 1.82) is 0 Å². The van der Waals surface area contributed by atoms with Crippen LogP contribution >= 0.6 is 0 Å². The molecule has 0 N–H and O–H groups in total. The molecule has 190 valence electrons. The van der Waals surface area contributed by atoms with Crippen molar-refractivity contribution < 1.29 is 37.0 Å². The first-order valence-corrected chi connectivity index (χ1v) is 11.8. The van der Waals surface area contributed by atoms with E-state index in [-0.39, 0.29) is 18.9 Å². The highest BCUT2D eigenvalue weighted by molar-refractivity contribution is 6.24. The van der Waals surface area contributed by atoms with Gasteiger partial charge in [0.15, 0.2) is 0 Å². The lowest BCUT2D eigenvalue weighted by Gasteiger charge is -2.34. The van der Waals surface area contributed by atoms with Crippen LogP contribution in [-0.2, 0) is 26.9 Å². The summed E-state index contributed by atoms with van der Waals surface area (Å²) < 4.78 is 50.5. The standard InChI is InChI=1S/C26H25F3N2O5/c1-4-14-6-11-17-19(12-14)36-13-18-20(22(32)35-5-2)25(3)23(33)30(24(34)31(25)21(17)18)16-9-7-15(8-10-16)26(27,28)29/h6-12,18,20-21H,4-5,13H2,1-3H3/t18-,20+,21+,25-/m1/s1. The number of benzene rings is 2. The number of aryl methyl sites for hydroxylation is 1. The molecule has 4 atom stereocenters. The van der Waals surface area contributed by atoms with E-state index < -0.39 is 53.1 Å².